The molecule has 1 amide bonds. The molecule has 0 aromatic rings. The number of hydrogen-bond acceptors (Lipinski definition) is 5. The van der Waals surface area contributed by atoms with Gasteiger partial charge in [0, 0.05) is 6.92 Å². The highest BCUT2D eigenvalue weighted by Crippen LogP contribution is 1.81. The fraction of sp³-hybridized carbons (Fsp3) is 0.500. The zero-order valence-electron chi connectivity index (χ0n) is 6.86. The number of carbonyl (C=O) groups excluding carboxylic acids is 3. The van der Waals surface area contributed by atoms with Crippen molar-refractivity contribution in [3.63, 3.8) is 0 Å². The molecule has 7 heteroatoms. The van der Waals surface area contributed by atoms with Crippen molar-refractivity contribution in [3.8, 4) is 0 Å². The summed E-state index contributed by atoms with van der Waals surface area (Å²) in [6.45, 7) is 0.164. The van der Waals surface area contributed by atoms with Crippen LogP contribution < -0.4 is 5.32 Å². The fourth-order valence-corrected chi connectivity index (χ4v) is 0.391. The van der Waals surface area contributed by atoms with E-state index in [1.807, 2.05) is 0 Å². The molecule has 1 N–H and O–H groups in total. The number of nitrogens with one attached hydrogen (secondary N) is 1. The van der Waals surface area contributed by atoms with E-state index in [0.717, 1.165) is 0 Å². The first-order valence-electron chi connectivity index (χ1n) is 3.26. The Bertz CT molecular complexity index is 213. The first-order valence-corrected chi connectivity index (χ1v) is 3.26. The van der Waals surface area contributed by atoms with E-state index in [4.69, 9.17) is 0 Å². The molecule has 0 heterocycles. The summed E-state index contributed by atoms with van der Waals surface area (Å²) in [6, 6.07) is 0. The lowest BCUT2D eigenvalue weighted by atomic mass is 10.6. The molecule has 1 radical (unpaired) electrons. The summed E-state index contributed by atoms with van der Waals surface area (Å²) in [5, 5.41) is 11.8. The van der Waals surface area contributed by atoms with Gasteiger partial charge in [-0.15, -0.1) is 0 Å². The van der Waals surface area contributed by atoms with Crippen molar-refractivity contribution in [2.24, 2.45) is 0 Å². The third kappa shape index (κ3) is 8.11. The van der Waals surface area contributed by atoms with Gasteiger partial charge in [0.15, 0.2) is 0 Å². The van der Waals surface area contributed by atoms with Crippen LogP contribution in [0.25, 0.3) is 0 Å². The van der Waals surface area contributed by atoms with E-state index in [2.05, 4.69) is 14.8 Å². The van der Waals surface area contributed by atoms with Crippen molar-refractivity contribution in [1.82, 2.24) is 5.32 Å². The third-order valence-electron chi connectivity index (χ3n) is 0.878. The quantitative estimate of drug-likeness (QED) is 0.461. The van der Waals surface area contributed by atoms with Crippen LogP contribution in [0.4, 0.5) is 4.79 Å². The van der Waals surface area contributed by atoms with Gasteiger partial charge in [-0.1, -0.05) is 0 Å². The lowest BCUT2D eigenvalue weighted by Gasteiger charge is -2.02. The SMILES string of the molecule is CC(=O)NCC(=O)OCOC([O])=O. The molecule has 0 spiro atoms. The molecular formula is C6H8NO6. The highest BCUT2D eigenvalue weighted by Gasteiger charge is 2.05. The van der Waals surface area contributed by atoms with Crippen molar-refractivity contribution in [2.45, 2.75) is 6.92 Å². The number of esters is 1. The molecule has 0 rings (SSSR count). The number of carbonyl (C=O) groups is 3. The molecule has 0 atom stereocenters. The number of hydrogen-bond donors (Lipinski definition) is 1. The Morgan fingerprint density at radius 1 is 1.23 bits per heavy atom. The van der Waals surface area contributed by atoms with Gasteiger partial charge in [-0.2, -0.15) is 9.90 Å². The Morgan fingerprint density at radius 3 is 2.31 bits per heavy atom. The van der Waals surface area contributed by atoms with Gasteiger partial charge in [-0.3, -0.25) is 9.59 Å². The monoisotopic (exact) mass is 190 g/mol. The average molecular weight is 190 g/mol. The van der Waals surface area contributed by atoms with Crippen LogP contribution in [0.3, 0.4) is 0 Å². The lowest BCUT2D eigenvalue weighted by molar-refractivity contribution is -0.153. The van der Waals surface area contributed by atoms with E-state index < -0.39 is 24.8 Å². The molecule has 0 aromatic heterocycles. The van der Waals surface area contributed by atoms with Crippen LogP contribution in [0.1, 0.15) is 6.92 Å². The predicted molar refractivity (Wildman–Crippen MR) is 36.8 cm³/mol. The van der Waals surface area contributed by atoms with Crippen LogP contribution in [0.2, 0.25) is 0 Å². The third-order valence-corrected chi connectivity index (χ3v) is 0.878. The largest absolute Gasteiger partial charge is 0.552 e. The number of amides is 1. The van der Waals surface area contributed by atoms with Crippen LogP contribution in [0, 0.1) is 0 Å². The minimum absolute atomic E-state index is 0.328. The molecule has 0 unspecified atom stereocenters. The van der Waals surface area contributed by atoms with Crippen molar-refractivity contribution in [2.75, 3.05) is 13.3 Å². The van der Waals surface area contributed by atoms with Gasteiger partial charge >= 0.3 is 12.1 Å². The van der Waals surface area contributed by atoms with Gasteiger partial charge in [0.05, 0.1) is 0 Å². The fourth-order valence-electron chi connectivity index (χ4n) is 0.391. The minimum atomic E-state index is -1.78. The molecule has 0 saturated heterocycles. The van der Waals surface area contributed by atoms with Crippen LogP contribution in [-0.4, -0.2) is 31.4 Å². The molecule has 13 heavy (non-hydrogen) atoms. The zero-order chi connectivity index (χ0) is 10.3. The molecular weight excluding hydrogens is 182 g/mol. The normalized spacial score (nSPS) is 8.69. The zero-order valence-corrected chi connectivity index (χ0v) is 6.86. The van der Waals surface area contributed by atoms with Crippen molar-refractivity contribution in [1.29, 1.82) is 0 Å². The van der Waals surface area contributed by atoms with E-state index in [1.165, 1.54) is 6.92 Å². The van der Waals surface area contributed by atoms with E-state index in [9.17, 15) is 19.5 Å². The molecule has 73 valence electrons. The summed E-state index contributed by atoms with van der Waals surface area (Å²) in [6.07, 6.45) is -1.78. The van der Waals surface area contributed by atoms with Crippen LogP contribution in [-0.2, 0) is 24.2 Å². The minimum Gasteiger partial charge on any atom is -0.426 e. The highest BCUT2D eigenvalue weighted by atomic mass is 16.7. The second-order valence-electron chi connectivity index (χ2n) is 1.94. The van der Waals surface area contributed by atoms with Crippen LogP contribution >= 0.6 is 0 Å². The van der Waals surface area contributed by atoms with Gasteiger partial charge in [-0.05, 0) is 0 Å². The molecule has 0 fully saturated rings. The lowest BCUT2D eigenvalue weighted by Crippen LogP contribution is -2.29. The first-order chi connectivity index (χ1) is 6.02. The van der Waals surface area contributed by atoms with Crippen molar-refractivity contribution in [3.05, 3.63) is 0 Å². The maximum absolute atomic E-state index is 10.6. The van der Waals surface area contributed by atoms with Crippen LogP contribution in [0.5, 0.6) is 0 Å². The highest BCUT2D eigenvalue weighted by molar-refractivity contribution is 5.80. The van der Waals surface area contributed by atoms with Gasteiger partial charge in [-0.25, -0.2) is 0 Å². The molecule has 0 aromatic carbocycles. The van der Waals surface area contributed by atoms with Gasteiger partial charge in [0.1, 0.15) is 6.54 Å². The summed E-state index contributed by atoms with van der Waals surface area (Å²) in [5.74, 6) is -1.19. The van der Waals surface area contributed by atoms with E-state index in [1.54, 1.807) is 0 Å². The number of rotatable bonds is 4. The standard InChI is InChI=1S/C6H8NO6/c1-4(8)7-2-5(9)12-3-13-6(10)11/h2-3H2,1H3,(H,7,8). The van der Waals surface area contributed by atoms with E-state index in [0.29, 0.717) is 0 Å². The second kappa shape index (κ2) is 5.81. The summed E-state index contributed by atoms with van der Waals surface area (Å²) < 4.78 is 7.98. The first kappa shape index (κ1) is 11.2. The molecule has 0 aliphatic heterocycles. The molecule has 0 bridgehead atoms. The smallest absolute Gasteiger partial charge is 0.426 e. The van der Waals surface area contributed by atoms with Gasteiger partial charge in [0.2, 0.25) is 12.7 Å². The average Bonchev–Trinajstić information content (AvgIpc) is 2.00. The van der Waals surface area contributed by atoms with E-state index in [-0.39, 0.29) is 6.54 Å². The topological polar surface area (TPSA) is 102 Å². The summed E-state index contributed by atoms with van der Waals surface area (Å²) in [5.41, 5.74) is 0. The molecule has 7 nitrogen and oxygen atoms in total. The Morgan fingerprint density at radius 2 is 1.85 bits per heavy atom. The maximum atomic E-state index is 10.6. The summed E-state index contributed by atoms with van der Waals surface area (Å²) >= 11 is 0. The summed E-state index contributed by atoms with van der Waals surface area (Å²) in [4.78, 5) is 30.5. The molecule has 0 aliphatic carbocycles. The summed E-state index contributed by atoms with van der Waals surface area (Å²) in [7, 11) is 0. The van der Waals surface area contributed by atoms with Crippen LogP contribution in [0.15, 0.2) is 0 Å². The predicted octanol–water partition coefficient (Wildman–Crippen LogP) is -0.810. The Labute approximate surface area is 73.6 Å². The Balaban J connectivity index is 3.41. The molecule has 0 aliphatic rings. The Hall–Kier alpha value is -1.79. The molecule has 0 saturated carbocycles. The number of ether oxygens (including phenoxy) is 2. The van der Waals surface area contributed by atoms with Crippen molar-refractivity contribution < 1.29 is 29.0 Å². The van der Waals surface area contributed by atoms with Gasteiger partial charge in [0.25, 0.3) is 0 Å². The van der Waals surface area contributed by atoms with Crippen molar-refractivity contribution >= 4 is 18.0 Å². The Kier molecular flexibility index (Phi) is 5.01. The van der Waals surface area contributed by atoms with Gasteiger partial charge < -0.3 is 14.8 Å². The van der Waals surface area contributed by atoms with E-state index >= 15 is 0 Å². The second-order valence-corrected chi connectivity index (χ2v) is 1.94. The maximum Gasteiger partial charge on any atom is 0.552 e.